The van der Waals surface area contributed by atoms with E-state index >= 15 is 0 Å². The molecule has 1 aromatic rings. The Morgan fingerprint density at radius 2 is 2.38 bits per heavy atom. The van der Waals surface area contributed by atoms with Gasteiger partial charge in [0.2, 0.25) is 0 Å². The number of hydrogen-bond acceptors (Lipinski definition) is 3. The van der Waals surface area contributed by atoms with Crippen molar-refractivity contribution < 1.29 is 4.79 Å². The lowest BCUT2D eigenvalue weighted by atomic mass is 10.3. The average molecular weight is 218 g/mol. The van der Waals surface area contributed by atoms with Crippen molar-refractivity contribution in [2.75, 3.05) is 20.1 Å². The normalized spacial score (nSPS) is 10.7. The Bertz CT molecular complexity index is 274. The lowest BCUT2D eigenvalue weighted by molar-refractivity contribution is -0.108. The molecule has 1 rings (SSSR count). The molecular weight excluding hydrogens is 206 g/mol. The summed E-state index contributed by atoms with van der Waals surface area (Å²) in [7, 11) is 1.93. The highest BCUT2D eigenvalue weighted by molar-refractivity contribution is 7.16. The molecule has 0 spiro atoms. The highest BCUT2D eigenvalue weighted by atomic mass is 35.5. The molecule has 0 N–H and O–H groups in total. The molecule has 0 aliphatic carbocycles. The van der Waals surface area contributed by atoms with E-state index in [0.717, 1.165) is 23.6 Å². The third-order valence-electron chi connectivity index (χ3n) is 1.75. The summed E-state index contributed by atoms with van der Waals surface area (Å²) in [4.78, 5) is 13.4. The Balaban J connectivity index is 2.30. The number of carbonyl (C=O) groups excluding carboxylic acids is 1. The minimum Gasteiger partial charge on any atom is -0.302 e. The van der Waals surface area contributed by atoms with Crippen LogP contribution in [0.1, 0.15) is 4.88 Å². The maximum absolute atomic E-state index is 10.2. The van der Waals surface area contributed by atoms with E-state index in [2.05, 4.69) is 0 Å². The molecule has 4 heteroatoms. The van der Waals surface area contributed by atoms with Crippen molar-refractivity contribution in [1.82, 2.24) is 4.90 Å². The monoisotopic (exact) mass is 217 g/mol. The van der Waals surface area contributed by atoms with E-state index < -0.39 is 0 Å². The van der Waals surface area contributed by atoms with Gasteiger partial charge in [0.1, 0.15) is 6.29 Å². The molecule has 0 unspecified atom stereocenters. The Morgan fingerprint density at radius 3 is 2.92 bits per heavy atom. The second kappa shape index (κ2) is 5.37. The Morgan fingerprint density at radius 1 is 1.62 bits per heavy atom. The molecule has 0 aromatic carbocycles. The molecule has 0 atom stereocenters. The van der Waals surface area contributed by atoms with Gasteiger partial charge in [0.15, 0.2) is 0 Å². The number of nitrogens with zero attached hydrogens (tertiary/aromatic N) is 1. The van der Waals surface area contributed by atoms with Gasteiger partial charge in [-0.05, 0) is 25.6 Å². The first kappa shape index (κ1) is 10.7. The summed E-state index contributed by atoms with van der Waals surface area (Å²) in [5.41, 5.74) is 0. The van der Waals surface area contributed by atoms with Crippen molar-refractivity contribution in [3.8, 4) is 0 Å². The highest BCUT2D eigenvalue weighted by Crippen LogP contribution is 2.21. The number of thiophene rings is 1. The van der Waals surface area contributed by atoms with Crippen LogP contribution in [0.2, 0.25) is 4.34 Å². The number of likely N-dealkylation sites (N-methyl/N-ethyl adjacent to an activating group) is 1. The van der Waals surface area contributed by atoms with E-state index in [-0.39, 0.29) is 0 Å². The first-order valence-corrected chi connectivity index (χ1v) is 5.28. The molecule has 0 amide bonds. The largest absolute Gasteiger partial charge is 0.302 e. The van der Waals surface area contributed by atoms with Gasteiger partial charge < -0.3 is 4.79 Å². The van der Waals surface area contributed by atoms with Gasteiger partial charge in [0.05, 0.1) is 10.9 Å². The van der Waals surface area contributed by atoms with Crippen LogP contribution in [-0.2, 0) is 11.2 Å². The van der Waals surface area contributed by atoms with E-state index in [1.54, 1.807) is 11.3 Å². The van der Waals surface area contributed by atoms with Gasteiger partial charge in [-0.2, -0.15) is 0 Å². The first-order valence-electron chi connectivity index (χ1n) is 4.09. The zero-order chi connectivity index (χ0) is 9.68. The van der Waals surface area contributed by atoms with Crippen LogP contribution in [0, 0.1) is 0 Å². The summed E-state index contributed by atoms with van der Waals surface area (Å²) >= 11 is 7.38. The molecule has 2 nitrogen and oxygen atoms in total. The topological polar surface area (TPSA) is 20.3 Å². The van der Waals surface area contributed by atoms with Crippen molar-refractivity contribution in [2.45, 2.75) is 6.42 Å². The van der Waals surface area contributed by atoms with Crippen molar-refractivity contribution in [3.05, 3.63) is 21.3 Å². The van der Waals surface area contributed by atoms with Crippen molar-refractivity contribution >= 4 is 29.2 Å². The molecule has 0 fully saturated rings. The Kier molecular flexibility index (Phi) is 4.42. The molecule has 0 bridgehead atoms. The van der Waals surface area contributed by atoms with E-state index in [0.29, 0.717) is 6.54 Å². The second-order valence-electron chi connectivity index (χ2n) is 2.88. The third-order valence-corrected chi connectivity index (χ3v) is 3.05. The molecule has 13 heavy (non-hydrogen) atoms. The van der Waals surface area contributed by atoms with Gasteiger partial charge in [0.25, 0.3) is 0 Å². The highest BCUT2D eigenvalue weighted by Gasteiger charge is 2.00. The molecule has 0 aliphatic heterocycles. The fraction of sp³-hybridized carbons (Fsp3) is 0.444. The quantitative estimate of drug-likeness (QED) is 0.704. The van der Waals surface area contributed by atoms with Crippen molar-refractivity contribution in [2.24, 2.45) is 0 Å². The van der Waals surface area contributed by atoms with Gasteiger partial charge in [-0.15, -0.1) is 11.3 Å². The zero-order valence-electron chi connectivity index (χ0n) is 7.50. The standard InChI is InChI=1S/C9H12ClNOS/c1-11(6-7-12)5-4-8-2-3-9(10)13-8/h2-3,7H,4-6H2,1H3. The van der Waals surface area contributed by atoms with Crippen LogP contribution in [0.5, 0.6) is 0 Å². The van der Waals surface area contributed by atoms with E-state index in [1.165, 1.54) is 4.88 Å². The molecule has 72 valence electrons. The fourth-order valence-corrected chi connectivity index (χ4v) is 2.08. The molecule has 0 saturated carbocycles. The van der Waals surface area contributed by atoms with Crippen LogP contribution in [0.25, 0.3) is 0 Å². The lowest BCUT2D eigenvalue weighted by Crippen LogP contribution is -2.22. The zero-order valence-corrected chi connectivity index (χ0v) is 9.07. The molecule has 0 aliphatic rings. The average Bonchev–Trinajstić information content (AvgIpc) is 2.49. The maximum atomic E-state index is 10.2. The molecule has 0 radical (unpaired) electrons. The third kappa shape index (κ3) is 3.89. The second-order valence-corrected chi connectivity index (χ2v) is 4.68. The number of halogens is 1. The van der Waals surface area contributed by atoms with Gasteiger partial charge in [-0.1, -0.05) is 11.6 Å². The lowest BCUT2D eigenvalue weighted by Gasteiger charge is -2.11. The number of carbonyl (C=O) groups is 1. The molecular formula is C9H12ClNOS. The predicted octanol–water partition coefficient (Wildman–Crippen LogP) is 2.07. The minimum atomic E-state index is 0.499. The van der Waals surface area contributed by atoms with Crippen LogP contribution in [0.3, 0.4) is 0 Å². The maximum Gasteiger partial charge on any atom is 0.133 e. The van der Waals surface area contributed by atoms with Gasteiger partial charge in [0, 0.05) is 11.4 Å². The first-order chi connectivity index (χ1) is 6.22. The summed E-state index contributed by atoms with van der Waals surface area (Å²) in [5, 5.41) is 0. The van der Waals surface area contributed by atoms with Crippen LogP contribution < -0.4 is 0 Å². The summed E-state index contributed by atoms with van der Waals surface area (Å²) < 4.78 is 0.827. The molecule has 0 saturated heterocycles. The summed E-state index contributed by atoms with van der Waals surface area (Å²) in [6, 6.07) is 3.93. The Hall–Kier alpha value is -0.380. The fourth-order valence-electron chi connectivity index (χ4n) is 1.01. The molecule has 1 aromatic heterocycles. The van der Waals surface area contributed by atoms with E-state index in [4.69, 9.17) is 11.6 Å². The molecule has 1 heterocycles. The predicted molar refractivity (Wildman–Crippen MR) is 56.6 cm³/mol. The Labute approximate surface area is 87.1 Å². The summed E-state index contributed by atoms with van der Waals surface area (Å²) in [6.45, 7) is 1.40. The van der Waals surface area contributed by atoms with Crippen molar-refractivity contribution in [3.63, 3.8) is 0 Å². The van der Waals surface area contributed by atoms with Gasteiger partial charge in [-0.25, -0.2) is 0 Å². The van der Waals surface area contributed by atoms with Crippen molar-refractivity contribution in [1.29, 1.82) is 0 Å². The minimum absolute atomic E-state index is 0.499. The summed E-state index contributed by atoms with van der Waals surface area (Å²) in [6.07, 6.45) is 1.88. The van der Waals surface area contributed by atoms with Crippen LogP contribution >= 0.6 is 22.9 Å². The SMILES string of the molecule is CN(CC=O)CCc1ccc(Cl)s1. The van der Waals surface area contributed by atoms with Gasteiger partial charge in [-0.3, -0.25) is 4.90 Å². The van der Waals surface area contributed by atoms with Gasteiger partial charge >= 0.3 is 0 Å². The van der Waals surface area contributed by atoms with E-state index in [9.17, 15) is 4.79 Å². The van der Waals surface area contributed by atoms with E-state index in [1.807, 2.05) is 24.1 Å². The summed E-state index contributed by atoms with van der Waals surface area (Å²) in [5.74, 6) is 0. The number of aldehydes is 1. The number of rotatable bonds is 5. The number of hydrogen-bond donors (Lipinski definition) is 0. The van der Waals surface area contributed by atoms with Crippen LogP contribution in [0.4, 0.5) is 0 Å². The van der Waals surface area contributed by atoms with Crippen LogP contribution in [0.15, 0.2) is 12.1 Å². The van der Waals surface area contributed by atoms with Crippen LogP contribution in [-0.4, -0.2) is 31.3 Å². The smallest absolute Gasteiger partial charge is 0.133 e.